The molecule has 1 N–H and O–H groups in total. The highest BCUT2D eigenvalue weighted by molar-refractivity contribution is 6.44. The zero-order valence-electron chi connectivity index (χ0n) is 8.64. The Kier molecular flexibility index (Phi) is 3.90. The van der Waals surface area contributed by atoms with E-state index in [0.717, 1.165) is 0 Å². The number of rotatable bonds is 4. The number of carbonyl (C=O) groups excluding carboxylic acids is 1. The van der Waals surface area contributed by atoms with Gasteiger partial charge in [-0.15, -0.1) is 0 Å². The van der Waals surface area contributed by atoms with E-state index >= 15 is 0 Å². The molecule has 1 unspecified atom stereocenters. The molecular formula is C11H11ClO4. The highest BCUT2D eigenvalue weighted by atomic mass is 35.5. The van der Waals surface area contributed by atoms with E-state index in [1.54, 1.807) is 25.1 Å². The van der Waals surface area contributed by atoms with E-state index < -0.39 is 16.8 Å². The average molecular weight is 243 g/mol. The van der Waals surface area contributed by atoms with Gasteiger partial charge in [0, 0.05) is 0 Å². The first kappa shape index (κ1) is 12.5. The molecule has 0 amide bonds. The van der Waals surface area contributed by atoms with Crippen LogP contribution in [0, 0.1) is 0 Å². The number of esters is 1. The second kappa shape index (κ2) is 4.99. The van der Waals surface area contributed by atoms with Crippen molar-refractivity contribution in [3.8, 4) is 0 Å². The summed E-state index contributed by atoms with van der Waals surface area (Å²) in [6.45, 7) is 1.66. The molecule has 0 aromatic heterocycles. The molecule has 1 rings (SSSR count). The maximum absolute atomic E-state index is 11.6. The summed E-state index contributed by atoms with van der Waals surface area (Å²) >= 11 is 5.85. The van der Waals surface area contributed by atoms with Crippen molar-refractivity contribution >= 4 is 23.5 Å². The third-order valence-corrected chi connectivity index (χ3v) is 2.56. The van der Waals surface area contributed by atoms with Gasteiger partial charge in [-0.25, -0.2) is 9.59 Å². The number of carboxylic acid groups (broad SMARTS) is 1. The summed E-state index contributed by atoms with van der Waals surface area (Å²) in [7, 11) is 0. The number of hydrogen-bond donors (Lipinski definition) is 1. The van der Waals surface area contributed by atoms with E-state index in [-0.39, 0.29) is 12.2 Å². The van der Waals surface area contributed by atoms with E-state index in [0.29, 0.717) is 0 Å². The zero-order chi connectivity index (χ0) is 12.2. The number of alkyl halides is 1. The van der Waals surface area contributed by atoms with Gasteiger partial charge in [-0.3, -0.25) is 0 Å². The summed E-state index contributed by atoms with van der Waals surface area (Å²) in [4.78, 5) is 20.5. The fourth-order valence-corrected chi connectivity index (χ4v) is 1.41. The van der Waals surface area contributed by atoms with Crippen molar-refractivity contribution in [2.24, 2.45) is 0 Å². The van der Waals surface area contributed by atoms with Gasteiger partial charge in [0.25, 0.3) is 4.87 Å². The molecule has 0 bridgehead atoms. The Hall–Kier alpha value is -1.55. The van der Waals surface area contributed by atoms with Crippen LogP contribution in [0.2, 0.25) is 0 Å². The molecular weight excluding hydrogens is 232 g/mol. The number of ether oxygens (including phenoxy) is 1. The molecule has 0 aliphatic heterocycles. The summed E-state index contributed by atoms with van der Waals surface area (Å²) in [5.74, 6) is -2.42. The third kappa shape index (κ3) is 2.17. The number of halogens is 1. The van der Waals surface area contributed by atoms with E-state index in [9.17, 15) is 9.59 Å². The van der Waals surface area contributed by atoms with Gasteiger partial charge in [0.15, 0.2) is 0 Å². The summed E-state index contributed by atoms with van der Waals surface area (Å²) in [5.41, 5.74) is 0.183. The second-order valence-electron chi connectivity index (χ2n) is 3.05. The standard InChI is InChI=1S/C11H11ClO4/c1-2-16-10(15)11(12,9(13)14)8-6-4-3-5-7-8/h3-7H,2H2,1H3,(H,13,14). The van der Waals surface area contributed by atoms with Gasteiger partial charge in [-0.05, 0) is 12.5 Å². The minimum atomic E-state index is -2.17. The normalized spacial score (nSPS) is 13.9. The maximum atomic E-state index is 11.6. The Morgan fingerprint density at radius 1 is 1.38 bits per heavy atom. The lowest BCUT2D eigenvalue weighted by Gasteiger charge is -2.20. The van der Waals surface area contributed by atoms with Crippen molar-refractivity contribution in [3.05, 3.63) is 35.9 Å². The molecule has 0 heterocycles. The number of carbonyl (C=O) groups is 2. The lowest BCUT2D eigenvalue weighted by atomic mass is 9.98. The summed E-state index contributed by atoms with van der Waals surface area (Å²) in [6.07, 6.45) is 0. The van der Waals surface area contributed by atoms with Crippen LogP contribution in [0.4, 0.5) is 0 Å². The molecule has 0 aliphatic carbocycles. The van der Waals surface area contributed by atoms with E-state index in [1.807, 2.05) is 0 Å². The van der Waals surface area contributed by atoms with Crippen LogP contribution >= 0.6 is 11.6 Å². The van der Waals surface area contributed by atoms with Crippen LogP contribution in [0.3, 0.4) is 0 Å². The maximum Gasteiger partial charge on any atom is 0.343 e. The number of hydrogen-bond acceptors (Lipinski definition) is 3. The van der Waals surface area contributed by atoms with Crippen molar-refractivity contribution in [2.75, 3.05) is 6.61 Å². The quantitative estimate of drug-likeness (QED) is 0.497. The monoisotopic (exact) mass is 242 g/mol. The number of carboxylic acids is 1. The minimum absolute atomic E-state index is 0.0768. The third-order valence-electron chi connectivity index (χ3n) is 2.02. The molecule has 16 heavy (non-hydrogen) atoms. The molecule has 1 atom stereocenters. The van der Waals surface area contributed by atoms with Crippen LogP contribution < -0.4 is 0 Å². The van der Waals surface area contributed by atoms with E-state index in [4.69, 9.17) is 16.7 Å². The predicted molar refractivity (Wildman–Crippen MR) is 58.2 cm³/mol. The van der Waals surface area contributed by atoms with Crippen LogP contribution in [-0.4, -0.2) is 23.7 Å². The lowest BCUT2D eigenvalue weighted by Crippen LogP contribution is -2.39. The molecule has 0 spiro atoms. The second-order valence-corrected chi connectivity index (χ2v) is 3.62. The molecule has 0 saturated carbocycles. The Morgan fingerprint density at radius 3 is 2.38 bits per heavy atom. The summed E-state index contributed by atoms with van der Waals surface area (Å²) in [6, 6.07) is 7.85. The van der Waals surface area contributed by atoms with E-state index in [2.05, 4.69) is 4.74 Å². The summed E-state index contributed by atoms with van der Waals surface area (Å²) in [5, 5.41) is 9.05. The average Bonchev–Trinajstić information content (AvgIpc) is 2.29. The van der Waals surface area contributed by atoms with Crippen LogP contribution in [0.5, 0.6) is 0 Å². The molecule has 5 heteroatoms. The first-order chi connectivity index (χ1) is 7.53. The van der Waals surface area contributed by atoms with Gasteiger partial charge >= 0.3 is 11.9 Å². The fourth-order valence-electron chi connectivity index (χ4n) is 1.23. The molecule has 1 aromatic carbocycles. The first-order valence-electron chi connectivity index (χ1n) is 4.68. The van der Waals surface area contributed by atoms with Crippen LogP contribution in [-0.2, 0) is 19.2 Å². The Balaban J connectivity index is 3.17. The minimum Gasteiger partial charge on any atom is -0.479 e. The SMILES string of the molecule is CCOC(=O)C(Cl)(C(=O)O)c1ccccc1. The molecule has 0 aliphatic rings. The molecule has 1 aromatic rings. The Bertz CT molecular complexity index is 390. The predicted octanol–water partition coefficient (Wildman–Crippen LogP) is 1.77. The van der Waals surface area contributed by atoms with Crippen LogP contribution in [0.15, 0.2) is 30.3 Å². The van der Waals surface area contributed by atoms with Gasteiger partial charge in [-0.2, -0.15) is 0 Å². The molecule has 86 valence electrons. The van der Waals surface area contributed by atoms with Crippen LogP contribution in [0.1, 0.15) is 12.5 Å². The van der Waals surface area contributed by atoms with Gasteiger partial charge in [0.1, 0.15) is 0 Å². The van der Waals surface area contributed by atoms with Crippen molar-refractivity contribution in [1.82, 2.24) is 0 Å². The molecule has 4 nitrogen and oxygen atoms in total. The highest BCUT2D eigenvalue weighted by Crippen LogP contribution is 2.31. The molecule has 0 radical (unpaired) electrons. The van der Waals surface area contributed by atoms with Crippen LogP contribution in [0.25, 0.3) is 0 Å². The molecule has 0 fully saturated rings. The number of aliphatic carboxylic acids is 1. The Labute approximate surface area is 97.8 Å². The first-order valence-corrected chi connectivity index (χ1v) is 5.06. The van der Waals surface area contributed by atoms with Gasteiger partial charge in [-0.1, -0.05) is 41.9 Å². The topological polar surface area (TPSA) is 63.6 Å². The van der Waals surface area contributed by atoms with Crippen molar-refractivity contribution < 1.29 is 19.4 Å². The van der Waals surface area contributed by atoms with Crippen molar-refractivity contribution in [3.63, 3.8) is 0 Å². The van der Waals surface area contributed by atoms with Gasteiger partial charge in [0.2, 0.25) is 0 Å². The zero-order valence-corrected chi connectivity index (χ0v) is 9.40. The largest absolute Gasteiger partial charge is 0.479 e. The Morgan fingerprint density at radius 2 is 1.94 bits per heavy atom. The lowest BCUT2D eigenvalue weighted by molar-refractivity contribution is -0.156. The van der Waals surface area contributed by atoms with E-state index in [1.165, 1.54) is 12.1 Å². The fraction of sp³-hybridized carbons (Fsp3) is 0.273. The van der Waals surface area contributed by atoms with Gasteiger partial charge in [0.05, 0.1) is 6.61 Å². The molecule has 0 saturated heterocycles. The van der Waals surface area contributed by atoms with Crippen molar-refractivity contribution in [2.45, 2.75) is 11.8 Å². The van der Waals surface area contributed by atoms with Gasteiger partial charge < -0.3 is 9.84 Å². The smallest absolute Gasteiger partial charge is 0.343 e. The number of benzene rings is 1. The highest BCUT2D eigenvalue weighted by Gasteiger charge is 2.47. The van der Waals surface area contributed by atoms with Crippen molar-refractivity contribution in [1.29, 1.82) is 0 Å². The summed E-state index contributed by atoms with van der Waals surface area (Å²) < 4.78 is 4.67.